The van der Waals surface area contributed by atoms with E-state index in [4.69, 9.17) is 242 Å². The van der Waals surface area contributed by atoms with Gasteiger partial charge in [-0.3, -0.25) is 0 Å². The number of allylic oxidation sites excluding steroid dienone is 1. The molecule has 0 unspecified atom stereocenters. The zero-order valence-corrected chi connectivity index (χ0v) is 39.9. The van der Waals surface area contributed by atoms with Gasteiger partial charge in [-0.15, -0.1) is 0 Å². The SMILES string of the molecule is CCC/C=C\C[C@H](O)CO.[B]B([B])B(B([B])[B])B(B([B])[B])B(B(B(B([B])[B])B([B])[B])B(B([B])[B])B([B])[B])B(B(B(B([B])[B])B([B])[B])B(B([B])[B])B([B])[B])B(B(B([B])[B])B([B])[B])B(B([B])[B])B([B])[B]. The molecule has 0 heterocycles. The molecule has 0 aromatic rings. The van der Waals surface area contributed by atoms with Crippen LogP contribution < -0.4 is 0 Å². The van der Waals surface area contributed by atoms with Crippen LogP contribution in [0.1, 0.15) is 26.2 Å². The van der Waals surface area contributed by atoms with E-state index < -0.39 is 185 Å². The van der Waals surface area contributed by atoms with Crippen molar-refractivity contribution in [3.8, 4) is 0 Å². The van der Waals surface area contributed by atoms with Gasteiger partial charge in [0, 0.05) is 411 Å². The molecule has 0 aromatic heterocycles. The normalized spacial score (nSPS) is 10.4. The van der Waals surface area contributed by atoms with Gasteiger partial charge in [-0.1, -0.05) is 25.5 Å². The summed E-state index contributed by atoms with van der Waals surface area (Å²) in [7, 11) is 197. The Kier molecular flexibility index (Phi) is 39.5. The van der Waals surface area contributed by atoms with Gasteiger partial charge in [-0.05, 0) is 12.8 Å². The lowest BCUT2D eigenvalue weighted by Crippen LogP contribution is -2.96. The number of unbranched alkanes of at least 4 members (excludes halogenated alkanes) is 1. The molecule has 0 bridgehead atoms. The van der Waals surface area contributed by atoms with E-state index in [1.807, 2.05) is 12.2 Å². The summed E-state index contributed by atoms with van der Waals surface area (Å²) in [6.07, 6.45) is -33.2. The van der Waals surface area contributed by atoms with Crippen LogP contribution in [0.5, 0.6) is 0 Å². The molecule has 0 saturated heterocycles. The van der Waals surface area contributed by atoms with E-state index in [-0.39, 0.29) is 6.61 Å². The molecular weight excluding hydrogens is 755 g/mol. The zero-order valence-electron chi connectivity index (χ0n) is 39.9. The Bertz CT molecular complexity index is 1120. The molecule has 0 fully saturated rings. The third-order valence-corrected chi connectivity index (χ3v) is 13.2. The van der Waals surface area contributed by atoms with Gasteiger partial charge in [0.25, 0.3) is 0 Å². The van der Waals surface area contributed by atoms with Crippen LogP contribution in [-0.2, 0) is 0 Å². The number of hydrogen-bond donors (Lipinski definition) is 2. The molecule has 2 nitrogen and oxygen atoms in total. The lowest BCUT2D eigenvalue weighted by Gasteiger charge is -2.58. The fourth-order valence-corrected chi connectivity index (χ4v) is 10.6. The van der Waals surface area contributed by atoms with Crippen molar-refractivity contribution in [3.63, 3.8) is 0 Å². The molecule has 0 aliphatic carbocycles. The molecule has 0 aliphatic heterocycles. The minimum Gasteiger partial charge on any atom is -0.394 e. The third kappa shape index (κ3) is 22.8. The van der Waals surface area contributed by atoms with Crippen LogP contribution in [0, 0.1) is 0 Å². The second-order valence-corrected chi connectivity index (χ2v) is 18.5. The second kappa shape index (κ2) is 36.5. The van der Waals surface area contributed by atoms with E-state index in [1.165, 1.54) is 0 Å². The van der Waals surface area contributed by atoms with Gasteiger partial charge in [0.2, 0.25) is 0 Å². The molecule has 0 aliphatic rings. The average molecular weight is 771 g/mol. The van der Waals surface area contributed by atoms with Crippen molar-refractivity contribution in [1.29, 1.82) is 0 Å². The van der Waals surface area contributed by atoms with Crippen LogP contribution >= 0.6 is 0 Å². The molecule has 2 N–H and O–H groups in total. The highest BCUT2D eigenvalue weighted by atomic mass is 16.3. The predicted octanol–water partition coefficient (Wildman–Crippen LogP) is -21.0. The van der Waals surface area contributed by atoms with Crippen molar-refractivity contribution in [1.82, 2.24) is 0 Å². The third-order valence-electron chi connectivity index (χ3n) is 13.2. The van der Waals surface area contributed by atoms with E-state index in [0.717, 1.165) is 12.8 Å². The highest BCUT2D eigenvalue weighted by Crippen LogP contribution is 2.24. The summed E-state index contributed by atoms with van der Waals surface area (Å²) < 4.78 is 0. The molecule has 0 amide bonds. The fourth-order valence-electron chi connectivity index (χ4n) is 10.6. The first-order valence-corrected chi connectivity index (χ1v) is 22.7. The van der Waals surface area contributed by atoms with Gasteiger partial charge in [0.1, 0.15) is 0 Å². The first kappa shape index (κ1) is 73.5. The van der Waals surface area contributed by atoms with Gasteiger partial charge in [-0.2, -0.15) is 0 Å². The smallest absolute Gasteiger partial charge is 0.0805 e. The minimum absolute atomic E-state index is 0.142. The largest absolute Gasteiger partial charge is 0.394 e. The van der Waals surface area contributed by atoms with Crippen LogP contribution in [0.2, 0.25) is 0 Å². The van der Waals surface area contributed by atoms with Crippen LogP contribution in [-0.4, -0.2) is 434 Å². The van der Waals surface area contributed by atoms with Gasteiger partial charge < -0.3 is 10.2 Å². The molecule has 60 radical (unpaired) electrons. The van der Waals surface area contributed by atoms with Crippen molar-refractivity contribution in [2.75, 3.05) is 6.61 Å². The lowest BCUT2D eigenvalue weighted by molar-refractivity contribution is 0.0975. The quantitative estimate of drug-likeness (QED) is 0.0528. The fraction of sp³-hybridized carbons (Fsp3) is 0.750. The van der Waals surface area contributed by atoms with Gasteiger partial charge in [0.05, 0.1) is 12.7 Å². The van der Waals surface area contributed by atoms with Crippen LogP contribution in [0.15, 0.2) is 12.2 Å². The van der Waals surface area contributed by atoms with Crippen molar-refractivity contribution >= 4 is 411 Å². The van der Waals surface area contributed by atoms with E-state index in [0.29, 0.717) is 6.42 Å². The molecule has 68 heavy (non-hydrogen) atoms. The summed E-state index contributed by atoms with van der Waals surface area (Å²) in [4.78, 5) is 0. The summed E-state index contributed by atoms with van der Waals surface area (Å²) >= 11 is 0. The Balaban J connectivity index is 0. The summed E-state index contributed by atoms with van der Waals surface area (Å²) in [6, 6.07) is 0. The minimum atomic E-state index is -1.53. The molecule has 0 spiro atoms. The summed E-state index contributed by atoms with van der Waals surface area (Å²) in [6.45, 7) is 1.96. The van der Waals surface area contributed by atoms with Crippen LogP contribution in [0.25, 0.3) is 0 Å². The number of aliphatic hydroxyl groups is 2. The van der Waals surface area contributed by atoms with Crippen LogP contribution in [0.4, 0.5) is 0 Å². The van der Waals surface area contributed by atoms with Crippen molar-refractivity contribution in [2.24, 2.45) is 0 Å². The Morgan fingerprint density at radius 1 is 0.279 bits per heavy atom. The van der Waals surface area contributed by atoms with Crippen molar-refractivity contribution in [2.45, 2.75) is 32.3 Å². The first-order chi connectivity index (χ1) is 31.1. The summed E-state index contributed by atoms with van der Waals surface area (Å²) in [5.74, 6) is 0. The molecule has 60 heteroatoms. The highest BCUT2D eigenvalue weighted by Gasteiger charge is 2.62. The lowest BCUT2D eigenvalue weighted by atomic mass is 8.23. The van der Waals surface area contributed by atoms with E-state index in [2.05, 4.69) is 6.92 Å². The summed E-state index contributed by atoms with van der Waals surface area (Å²) in [5, 5.41) is 17.3. The number of aliphatic hydroxyl groups excluding tert-OH is 2. The van der Waals surface area contributed by atoms with Gasteiger partial charge in [-0.25, -0.2) is 0 Å². The molecule has 234 valence electrons. The molecule has 0 aromatic carbocycles. The Morgan fingerprint density at radius 3 is 0.603 bits per heavy atom. The van der Waals surface area contributed by atoms with Gasteiger partial charge in [0.15, 0.2) is 0 Å². The highest BCUT2D eigenvalue weighted by molar-refractivity contribution is 8.37. The maximum absolute atomic E-state index is 8.86. The Hall–Kier alpha value is 3.43. The second-order valence-electron chi connectivity index (χ2n) is 18.5. The van der Waals surface area contributed by atoms with E-state index >= 15 is 0 Å². The molecular formula is C8H16B58O2. The zero-order chi connectivity index (χ0) is 54.0. The molecule has 0 rings (SSSR count). The first-order valence-electron chi connectivity index (χ1n) is 22.7. The van der Waals surface area contributed by atoms with E-state index in [9.17, 15) is 0 Å². The topological polar surface area (TPSA) is 40.5 Å². The standard InChI is InChI=1S/C8H16O2.B58/c1-2-3-4-5-6-8(10)7-9;1-31(2)46(32(3)4)53(45(29)30)57(54(47(33(5)6)34(7)8)48(35(9)10)36(11)12)58(55(49(37(13)14)38(15)16)50(39(17)18)40(19)20)56(51(41(21)22)42(23)24)52(43(25)26)44(27)28/h4-5,8-10H,2-3,6-7H2,1H3;/b5-4-;/t8-;/m0./s1. The maximum Gasteiger partial charge on any atom is 0.0805 e. The Labute approximate surface area is 468 Å². The number of hydrogen-bond acceptors (Lipinski definition) is 2. The van der Waals surface area contributed by atoms with Crippen molar-refractivity contribution in [3.05, 3.63) is 12.2 Å². The predicted molar refractivity (Wildman–Crippen MR) is 375 cm³/mol. The van der Waals surface area contributed by atoms with Crippen LogP contribution in [0.3, 0.4) is 0 Å². The molecule has 1 atom stereocenters. The van der Waals surface area contributed by atoms with Crippen molar-refractivity contribution < 1.29 is 10.2 Å². The summed E-state index contributed by atoms with van der Waals surface area (Å²) in [5.41, 5.74) is 0. The van der Waals surface area contributed by atoms with E-state index in [1.54, 1.807) is 0 Å². The maximum atomic E-state index is 8.86. The monoisotopic (exact) mass is 783 g/mol. The number of rotatable bonds is 32. The average Bonchev–Trinajstić information content (AvgIpc) is 3.15. The van der Waals surface area contributed by atoms with Gasteiger partial charge >= 0.3 is 0 Å². The molecule has 0 saturated carbocycles. The Morgan fingerprint density at radius 2 is 0.441 bits per heavy atom.